The average Bonchev–Trinajstić information content (AvgIpc) is 2.58. The van der Waals surface area contributed by atoms with Gasteiger partial charge in [0.2, 0.25) is 0 Å². The van der Waals surface area contributed by atoms with Crippen molar-refractivity contribution in [1.29, 1.82) is 0 Å². The summed E-state index contributed by atoms with van der Waals surface area (Å²) < 4.78 is 0. The zero-order valence-electron chi connectivity index (χ0n) is 7.30. The molecule has 12 heavy (non-hydrogen) atoms. The Balaban J connectivity index is 2.17. The van der Waals surface area contributed by atoms with Crippen LogP contribution in [0.2, 0.25) is 0 Å². The molecule has 0 bridgehead atoms. The average molecular weight is 162 g/mol. The van der Waals surface area contributed by atoms with Crippen molar-refractivity contribution in [3.05, 3.63) is 35.4 Å². The lowest BCUT2D eigenvalue weighted by Crippen LogP contribution is -2.14. The summed E-state index contributed by atoms with van der Waals surface area (Å²) in [5.41, 5.74) is 2.70. The van der Waals surface area contributed by atoms with Crippen molar-refractivity contribution in [2.45, 2.75) is 13.0 Å². The maximum Gasteiger partial charge on any atom is 0.0460 e. The standard InChI is InChI=1S/C10H14N2/c1-8-2-4-9(5-3-8)10-6-11-7-12-10/h2-5,10-12H,6-7H2,1H3. The Kier molecular flexibility index (Phi) is 2.11. The van der Waals surface area contributed by atoms with Gasteiger partial charge in [-0.1, -0.05) is 29.8 Å². The first-order valence-electron chi connectivity index (χ1n) is 4.37. The van der Waals surface area contributed by atoms with Crippen LogP contribution in [0, 0.1) is 6.92 Å². The van der Waals surface area contributed by atoms with Crippen LogP contribution < -0.4 is 10.6 Å². The molecule has 0 amide bonds. The van der Waals surface area contributed by atoms with Gasteiger partial charge in [0.1, 0.15) is 0 Å². The third-order valence-corrected chi connectivity index (χ3v) is 2.30. The molecular formula is C10H14N2. The lowest BCUT2D eigenvalue weighted by molar-refractivity contribution is 0.676. The van der Waals surface area contributed by atoms with Gasteiger partial charge in [-0.3, -0.25) is 5.32 Å². The third-order valence-electron chi connectivity index (χ3n) is 2.30. The van der Waals surface area contributed by atoms with Gasteiger partial charge in [-0.05, 0) is 12.5 Å². The number of hydrogen-bond acceptors (Lipinski definition) is 2. The predicted octanol–water partition coefficient (Wildman–Crippen LogP) is 1.19. The summed E-state index contributed by atoms with van der Waals surface area (Å²) in [5, 5.41) is 6.66. The number of nitrogens with one attached hydrogen (secondary N) is 2. The van der Waals surface area contributed by atoms with E-state index in [9.17, 15) is 0 Å². The lowest BCUT2D eigenvalue weighted by atomic mass is 10.1. The normalized spacial score (nSPS) is 22.9. The van der Waals surface area contributed by atoms with Gasteiger partial charge in [-0.15, -0.1) is 0 Å². The predicted molar refractivity (Wildman–Crippen MR) is 49.9 cm³/mol. The van der Waals surface area contributed by atoms with E-state index in [-0.39, 0.29) is 0 Å². The molecule has 64 valence electrons. The van der Waals surface area contributed by atoms with Crippen LogP contribution in [0.15, 0.2) is 24.3 Å². The van der Waals surface area contributed by atoms with Crippen molar-refractivity contribution in [2.24, 2.45) is 0 Å². The maximum atomic E-state index is 3.38. The van der Waals surface area contributed by atoms with E-state index in [1.165, 1.54) is 11.1 Å². The van der Waals surface area contributed by atoms with Crippen molar-refractivity contribution in [3.63, 3.8) is 0 Å². The molecule has 1 aliphatic rings. The zero-order chi connectivity index (χ0) is 8.39. The highest BCUT2D eigenvalue weighted by Gasteiger charge is 2.14. The number of rotatable bonds is 1. The molecule has 0 aromatic heterocycles. The Labute approximate surface area is 73.0 Å². The molecule has 2 nitrogen and oxygen atoms in total. The Bertz CT molecular complexity index is 247. The van der Waals surface area contributed by atoms with Crippen LogP contribution in [-0.4, -0.2) is 13.2 Å². The number of benzene rings is 1. The Morgan fingerprint density at radius 1 is 1.25 bits per heavy atom. The molecule has 2 rings (SSSR count). The Hall–Kier alpha value is -0.860. The van der Waals surface area contributed by atoms with E-state index in [0.717, 1.165) is 13.2 Å². The van der Waals surface area contributed by atoms with E-state index in [1.807, 2.05) is 0 Å². The molecule has 0 radical (unpaired) electrons. The second kappa shape index (κ2) is 3.25. The van der Waals surface area contributed by atoms with Gasteiger partial charge in [-0.2, -0.15) is 0 Å². The molecule has 1 atom stereocenters. The van der Waals surface area contributed by atoms with E-state index < -0.39 is 0 Å². The molecular weight excluding hydrogens is 148 g/mol. The number of hydrogen-bond donors (Lipinski definition) is 2. The fourth-order valence-electron chi connectivity index (χ4n) is 1.52. The van der Waals surface area contributed by atoms with Crippen LogP contribution in [-0.2, 0) is 0 Å². The van der Waals surface area contributed by atoms with Gasteiger partial charge in [0.15, 0.2) is 0 Å². The summed E-state index contributed by atoms with van der Waals surface area (Å²) in [6.07, 6.45) is 0. The van der Waals surface area contributed by atoms with Crippen LogP contribution in [0.5, 0.6) is 0 Å². The summed E-state index contributed by atoms with van der Waals surface area (Å²) >= 11 is 0. The fraction of sp³-hybridized carbons (Fsp3) is 0.400. The molecule has 0 saturated carbocycles. The molecule has 0 spiro atoms. The van der Waals surface area contributed by atoms with Crippen LogP contribution in [0.25, 0.3) is 0 Å². The number of aryl methyl sites for hydroxylation is 1. The summed E-state index contributed by atoms with van der Waals surface area (Å²) in [4.78, 5) is 0. The highest BCUT2D eigenvalue weighted by atomic mass is 15.2. The van der Waals surface area contributed by atoms with Gasteiger partial charge < -0.3 is 5.32 Å². The Morgan fingerprint density at radius 3 is 2.58 bits per heavy atom. The van der Waals surface area contributed by atoms with Crippen molar-refractivity contribution in [3.8, 4) is 0 Å². The third kappa shape index (κ3) is 1.49. The van der Waals surface area contributed by atoms with Gasteiger partial charge in [-0.25, -0.2) is 0 Å². The molecule has 2 heteroatoms. The Morgan fingerprint density at radius 2 is 2.00 bits per heavy atom. The highest BCUT2D eigenvalue weighted by Crippen LogP contribution is 2.14. The SMILES string of the molecule is Cc1ccc(C2CNCN2)cc1. The minimum absolute atomic E-state index is 0.505. The van der Waals surface area contributed by atoms with Crippen molar-refractivity contribution in [1.82, 2.24) is 10.6 Å². The zero-order valence-corrected chi connectivity index (χ0v) is 7.30. The molecule has 1 saturated heterocycles. The van der Waals surface area contributed by atoms with Gasteiger partial charge in [0.25, 0.3) is 0 Å². The molecule has 1 aromatic carbocycles. The monoisotopic (exact) mass is 162 g/mol. The summed E-state index contributed by atoms with van der Waals surface area (Å²) in [7, 11) is 0. The second-order valence-corrected chi connectivity index (χ2v) is 3.30. The smallest absolute Gasteiger partial charge is 0.0460 e. The van der Waals surface area contributed by atoms with Gasteiger partial charge >= 0.3 is 0 Å². The second-order valence-electron chi connectivity index (χ2n) is 3.30. The molecule has 2 N–H and O–H groups in total. The van der Waals surface area contributed by atoms with E-state index in [2.05, 4.69) is 41.8 Å². The van der Waals surface area contributed by atoms with Crippen molar-refractivity contribution in [2.75, 3.05) is 13.2 Å². The van der Waals surface area contributed by atoms with Gasteiger partial charge in [0, 0.05) is 19.3 Å². The van der Waals surface area contributed by atoms with Crippen molar-refractivity contribution < 1.29 is 0 Å². The van der Waals surface area contributed by atoms with Gasteiger partial charge in [0.05, 0.1) is 0 Å². The van der Waals surface area contributed by atoms with E-state index in [0.29, 0.717) is 6.04 Å². The lowest BCUT2D eigenvalue weighted by Gasteiger charge is -2.08. The summed E-state index contributed by atoms with van der Waals surface area (Å²) in [6.45, 7) is 4.09. The topological polar surface area (TPSA) is 24.1 Å². The highest BCUT2D eigenvalue weighted by molar-refractivity contribution is 5.24. The molecule has 1 heterocycles. The largest absolute Gasteiger partial charge is 0.303 e. The molecule has 1 aromatic rings. The van der Waals surface area contributed by atoms with E-state index >= 15 is 0 Å². The molecule has 0 aliphatic carbocycles. The minimum atomic E-state index is 0.505. The maximum absolute atomic E-state index is 3.38. The van der Waals surface area contributed by atoms with E-state index in [4.69, 9.17) is 0 Å². The molecule has 1 aliphatic heterocycles. The first kappa shape index (κ1) is 7.77. The minimum Gasteiger partial charge on any atom is -0.303 e. The molecule has 1 fully saturated rings. The summed E-state index contributed by atoms with van der Waals surface area (Å²) in [5.74, 6) is 0. The van der Waals surface area contributed by atoms with Crippen LogP contribution in [0.4, 0.5) is 0 Å². The summed E-state index contributed by atoms with van der Waals surface area (Å²) in [6, 6.07) is 9.22. The van der Waals surface area contributed by atoms with Crippen LogP contribution >= 0.6 is 0 Å². The molecule has 1 unspecified atom stereocenters. The van der Waals surface area contributed by atoms with Crippen molar-refractivity contribution >= 4 is 0 Å². The first-order chi connectivity index (χ1) is 5.86. The van der Waals surface area contributed by atoms with Crippen LogP contribution in [0.3, 0.4) is 0 Å². The van der Waals surface area contributed by atoms with Crippen LogP contribution in [0.1, 0.15) is 17.2 Å². The first-order valence-corrected chi connectivity index (χ1v) is 4.37. The fourth-order valence-corrected chi connectivity index (χ4v) is 1.52. The quantitative estimate of drug-likeness (QED) is 0.648. The van der Waals surface area contributed by atoms with E-state index in [1.54, 1.807) is 0 Å².